The highest BCUT2D eigenvalue weighted by molar-refractivity contribution is 7.89. The molecule has 19 heavy (non-hydrogen) atoms. The first-order valence-corrected chi connectivity index (χ1v) is 7.49. The van der Waals surface area contributed by atoms with Gasteiger partial charge in [0.2, 0.25) is 10.0 Å². The molecule has 0 unspecified atom stereocenters. The number of sulfonamides is 1. The average Bonchev–Trinajstić information content (AvgIpc) is 2.82. The van der Waals surface area contributed by atoms with Gasteiger partial charge in [0.25, 0.3) is 0 Å². The molecule has 7 heteroatoms. The second kappa shape index (κ2) is 5.15. The summed E-state index contributed by atoms with van der Waals surface area (Å²) < 4.78 is 53.2. The first kappa shape index (κ1) is 14.4. The number of hydrogen-bond acceptors (Lipinski definition) is 3. The fraction of sp³-hybridized carbons (Fsp3) is 0.500. The molecular formula is C12H16F2N2O2S. The predicted molar refractivity (Wildman–Crippen MR) is 67.1 cm³/mol. The molecule has 2 rings (SSSR count). The van der Waals surface area contributed by atoms with E-state index in [9.17, 15) is 17.2 Å². The monoisotopic (exact) mass is 290 g/mol. The molecule has 106 valence electrons. The van der Waals surface area contributed by atoms with Gasteiger partial charge in [-0.2, -0.15) is 4.31 Å². The lowest BCUT2D eigenvalue weighted by atomic mass is 10.2. The minimum atomic E-state index is -4.03. The SMILES string of the molecule is Cc1cc(F)c(S(=O)(=O)N2CCC[C@@H]2CN)cc1F. The van der Waals surface area contributed by atoms with E-state index < -0.39 is 26.6 Å². The maximum atomic E-state index is 13.8. The standard InChI is InChI=1S/C12H16F2N2O2S/c1-8-5-11(14)12(6-10(8)13)19(17,18)16-4-2-3-9(16)7-15/h5-6,9H,2-4,7,15H2,1H3/t9-/m1/s1. The number of nitrogens with zero attached hydrogens (tertiary/aromatic N) is 1. The van der Waals surface area contributed by atoms with Gasteiger partial charge >= 0.3 is 0 Å². The lowest BCUT2D eigenvalue weighted by Crippen LogP contribution is -2.40. The molecule has 0 aliphatic carbocycles. The van der Waals surface area contributed by atoms with Gasteiger partial charge < -0.3 is 5.73 Å². The van der Waals surface area contributed by atoms with Crippen LogP contribution in [0.1, 0.15) is 18.4 Å². The molecular weight excluding hydrogens is 274 g/mol. The zero-order chi connectivity index (χ0) is 14.2. The van der Waals surface area contributed by atoms with Crippen molar-refractivity contribution in [1.29, 1.82) is 0 Å². The highest BCUT2D eigenvalue weighted by atomic mass is 32.2. The van der Waals surface area contributed by atoms with E-state index in [-0.39, 0.29) is 18.2 Å². The molecule has 0 bridgehead atoms. The van der Waals surface area contributed by atoms with Gasteiger partial charge in [-0.1, -0.05) is 0 Å². The number of hydrogen-bond donors (Lipinski definition) is 1. The van der Waals surface area contributed by atoms with Crippen LogP contribution in [0.4, 0.5) is 8.78 Å². The Bertz CT molecular complexity index is 590. The molecule has 1 aliphatic heterocycles. The summed E-state index contributed by atoms with van der Waals surface area (Å²) in [6.07, 6.45) is 1.32. The number of benzene rings is 1. The van der Waals surface area contributed by atoms with E-state index in [0.717, 1.165) is 12.1 Å². The Morgan fingerprint density at radius 2 is 2.05 bits per heavy atom. The van der Waals surface area contributed by atoms with Gasteiger partial charge in [0.15, 0.2) is 0 Å². The van der Waals surface area contributed by atoms with Crippen LogP contribution in [0.5, 0.6) is 0 Å². The lowest BCUT2D eigenvalue weighted by Gasteiger charge is -2.23. The molecule has 0 amide bonds. The Morgan fingerprint density at radius 1 is 1.37 bits per heavy atom. The highest BCUT2D eigenvalue weighted by Crippen LogP contribution is 2.28. The fourth-order valence-corrected chi connectivity index (χ4v) is 4.08. The number of halogens is 2. The van der Waals surface area contributed by atoms with Crippen molar-refractivity contribution in [3.8, 4) is 0 Å². The summed E-state index contributed by atoms with van der Waals surface area (Å²) in [6.45, 7) is 1.85. The van der Waals surface area contributed by atoms with Crippen molar-refractivity contribution >= 4 is 10.0 Å². The van der Waals surface area contributed by atoms with Crippen LogP contribution < -0.4 is 5.73 Å². The summed E-state index contributed by atoms with van der Waals surface area (Å²) in [5.41, 5.74) is 5.59. The van der Waals surface area contributed by atoms with Gasteiger partial charge in [0.05, 0.1) is 0 Å². The van der Waals surface area contributed by atoms with E-state index in [1.807, 2.05) is 0 Å². The lowest BCUT2D eigenvalue weighted by molar-refractivity contribution is 0.389. The van der Waals surface area contributed by atoms with Crippen LogP contribution in [0.3, 0.4) is 0 Å². The summed E-state index contributed by atoms with van der Waals surface area (Å²) in [5, 5.41) is 0. The topological polar surface area (TPSA) is 63.4 Å². The van der Waals surface area contributed by atoms with Crippen LogP contribution in [-0.2, 0) is 10.0 Å². The normalized spacial score (nSPS) is 20.9. The molecule has 0 aromatic heterocycles. The second-order valence-electron chi connectivity index (χ2n) is 4.68. The van der Waals surface area contributed by atoms with Gasteiger partial charge in [0, 0.05) is 19.1 Å². The van der Waals surface area contributed by atoms with Crippen molar-refractivity contribution < 1.29 is 17.2 Å². The van der Waals surface area contributed by atoms with Crippen molar-refractivity contribution in [1.82, 2.24) is 4.31 Å². The van der Waals surface area contributed by atoms with Crippen LogP contribution in [-0.4, -0.2) is 31.9 Å². The van der Waals surface area contributed by atoms with E-state index >= 15 is 0 Å². The molecule has 4 nitrogen and oxygen atoms in total. The van der Waals surface area contributed by atoms with Crippen LogP contribution in [0.25, 0.3) is 0 Å². The van der Waals surface area contributed by atoms with Gasteiger partial charge in [0.1, 0.15) is 16.5 Å². The Kier molecular flexibility index (Phi) is 3.89. The quantitative estimate of drug-likeness (QED) is 0.915. The average molecular weight is 290 g/mol. The van der Waals surface area contributed by atoms with Crippen molar-refractivity contribution in [2.24, 2.45) is 5.73 Å². The molecule has 1 saturated heterocycles. The van der Waals surface area contributed by atoms with Gasteiger partial charge in [-0.05, 0) is 37.5 Å². The number of nitrogens with two attached hydrogens (primary N) is 1. The first-order chi connectivity index (χ1) is 8.87. The summed E-state index contributed by atoms with van der Waals surface area (Å²) in [7, 11) is -4.03. The fourth-order valence-electron chi connectivity index (χ4n) is 2.31. The predicted octanol–water partition coefficient (Wildman–Crippen LogP) is 1.39. The highest BCUT2D eigenvalue weighted by Gasteiger charge is 2.36. The van der Waals surface area contributed by atoms with Crippen molar-refractivity contribution in [2.45, 2.75) is 30.7 Å². The second-order valence-corrected chi connectivity index (χ2v) is 6.54. The van der Waals surface area contributed by atoms with E-state index in [0.29, 0.717) is 19.4 Å². The van der Waals surface area contributed by atoms with Crippen LogP contribution in [0.15, 0.2) is 17.0 Å². The third kappa shape index (κ3) is 2.50. The minimum Gasteiger partial charge on any atom is -0.329 e. The summed E-state index contributed by atoms with van der Waals surface area (Å²) >= 11 is 0. The smallest absolute Gasteiger partial charge is 0.246 e. The molecule has 0 spiro atoms. The third-order valence-corrected chi connectivity index (χ3v) is 5.36. The molecule has 1 aliphatic rings. The Balaban J connectivity index is 2.48. The van der Waals surface area contributed by atoms with Crippen molar-refractivity contribution in [3.63, 3.8) is 0 Å². The van der Waals surface area contributed by atoms with Gasteiger partial charge in [-0.25, -0.2) is 17.2 Å². The molecule has 1 aromatic carbocycles. The molecule has 2 N–H and O–H groups in total. The van der Waals surface area contributed by atoms with E-state index in [1.165, 1.54) is 11.2 Å². The molecule has 1 aromatic rings. The zero-order valence-corrected chi connectivity index (χ0v) is 11.4. The molecule has 0 radical (unpaired) electrons. The largest absolute Gasteiger partial charge is 0.329 e. The molecule has 1 fully saturated rings. The van der Waals surface area contributed by atoms with E-state index in [1.54, 1.807) is 0 Å². The zero-order valence-electron chi connectivity index (χ0n) is 10.6. The molecule has 0 saturated carbocycles. The Labute approximate surface area is 111 Å². The van der Waals surface area contributed by atoms with Crippen molar-refractivity contribution in [2.75, 3.05) is 13.1 Å². The Morgan fingerprint density at radius 3 is 2.68 bits per heavy atom. The van der Waals surface area contributed by atoms with E-state index in [4.69, 9.17) is 5.73 Å². The number of rotatable bonds is 3. The van der Waals surface area contributed by atoms with Crippen LogP contribution in [0, 0.1) is 18.6 Å². The Hall–Kier alpha value is -1.05. The first-order valence-electron chi connectivity index (χ1n) is 6.05. The maximum Gasteiger partial charge on any atom is 0.246 e. The molecule has 1 atom stereocenters. The summed E-state index contributed by atoms with van der Waals surface area (Å²) in [6, 6.07) is 1.30. The third-order valence-electron chi connectivity index (χ3n) is 3.39. The van der Waals surface area contributed by atoms with Crippen LogP contribution in [0.2, 0.25) is 0 Å². The van der Waals surface area contributed by atoms with Gasteiger partial charge in [-0.15, -0.1) is 0 Å². The van der Waals surface area contributed by atoms with Crippen molar-refractivity contribution in [3.05, 3.63) is 29.3 Å². The van der Waals surface area contributed by atoms with Gasteiger partial charge in [-0.3, -0.25) is 0 Å². The minimum absolute atomic E-state index is 0.0771. The summed E-state index contributed by atoms with van der Waals surface area (Å²) in [5.74, 6) is -1.66. The maximum absolute atomic E-state index is 13.8. The van der Waals surface area contributed by atoms with Crippen LogP contribution >= 0.6 is 0 Å². The molecule has 1 heterocycles. The van der Waals surface area contributed by atoms with E-state index in [2.05, 4.69) is 0 Å². The summed E-state index contributed by atoms with van der Waals surface area (Å²) in [4.78, 5) is -0.615. The number of aryl methyl sites for hydroxylation is 1.